The smallest absolute Gasteiger partial charge is 0.264 e. The van der Waals surface area contributed by atoms with E-state index in [2.05, 4.69) is 9.97 Å². The van der Waals surface area contributed by atoms with Gasteiger partial charge < -0.3 is 0 Å². The maximum Gasteiger partial charge on any atom is 0.417 e. The van der Waals surface area contributed by atoms with Gasteiger partial charge in [-0.15, -0.1) is 0 Å². The number of hydrogen-bond acceptors (Lipinski definition) is 3. The molecule has 0 aliphatic heterocycles. The summed E-state index contributed by atoms with van der Waals surface area (Å²) in [7, 11) is 0. The summed E-state index contributed by atoms with van der Waals surface area (Å²) in [6.45, 7) is 0. The highest BCUT2D eigenvalue weighted by Crippen LogP contribution is 2.32. The van der Waals surface area contributed by atoms with Crippen molar-refractivity contribution in [3.63, 3.8) is 0 Å². The lowest BCUT2D eigenvalue weighted by atomic mass is 10.0. The second-order valence-corrected chi connectivity index (χ2v) is 3.47. The average Bonchev–Trinajstić information content (AvgIpc) is 2.38. The quantitative estimate of drug-likeness (QED) is 0.780. The van der Waals surface area contributed by atoms with Crippen LogP contribution in [-0.2, 0) is 6.18 Å². The Hall–Kier alpha value is -2.42. The molecule has 3 nitrogen and oxygen atoms in total. The number of aromatic nitrogens is 2. The summed E-state index contributed by atoms with van der Waals surface area (Å²) in [6.07, 6.45) is -0.953. The summed E-state index contributed by atoms with van der Waals surface area (Å²) in [5, 5.41) is 8.86. The van der Waals surface area contributed by atoms with Gasteiger partial charge in [0.2, 0.25) is 0 Å². The zero-order valence-corrected chi connectivity index (χ0v) is 8.94. The Kier molecular flexibility index (Phi) is 2.98. The van der Waals surface area contributed by atoms with E-state index in [1.54, 1.807) is 18.2 Å². The minimum absolute atomic E-state index is 0.0593. The molecule has 2 rings (SSSR count). The zero-order valence-electron chi connectivity index (χ0n) is 8.94. The molecule has 0 radical (unpaired) electrons. The summed E-state index contributed by atoms with van der Waals surface area (Å²) in [5.74, 6) is 0. The monoisotopic (exact) mass is 249 g/mol. The molecule has 0 N–H and O–H groups in total. The van der Waals surface area contributed by atoms with Gasteiger partial charge >= 0.3 is 6.18 Å². The first kappa shape index (κ1) is 12.0. The van der Waals surface area contributed by atoms with Gasteiger partial charge in [-0.3, -0.25) is 4.98 Å². The molecule has 90 valence electrons. The number of nitriles is 1. The molecule has 0 atom stereocenters. The van der Waals surface area contributed by atoms with Crippen LogP contribution in [0.15, 0.2) is 36.8 Å². The van der Waals surface area contributed by atoms with Gasteiger partial charge in [-0.25, -0.2) is 4.98 Å². The SMILES string of the molecule is N#Cc1ncc(C(F)(F)F)cc1-c1cccnc1. The summed E-state index contributed by atoms with van der Waals surface area (Å²) in [5.41, 5.74) is -0.399. The Morgan fingerprint density at radius 1 is 1.22 bits per heavy atom. The van der Waals surface area contributed by atoms with E-state index in [4.69, 9.17) is 5.26 Å². The molecule has 0 saturated carbocycles. The average molecular weight is 249 g/mol. The van der Waals surface area contributed by atoms with Gasteiger partial charge in [0.15, 0.2) is 0 Å². The molecule has 0 aliphatic rings. The molecule has 2 heterocycles. The highest BCUT2D eigenvalue weighted by atomic mass is 19.4. The van der Waals surface area contributed by atoms with Crippen LogP contribution in [0.4, 0.5) is 13.2 Å². The Balaban J connectivity index is 2.62. The van der Waals surface area contributed by atoms with E-state index >= 15 is 0 Å². The lowest BCUT2D eigenvalue weighted by Gasteiger charge is -2.09. The van der Waals surface area contributed by atoms with Crippen molar-refractivity contribution >= 4 is 0 Å². The van der Waals surface area contributed by atoms with Crippen molar-refractivity contribution in [3.05, 3.63) is 48.0 Å². The predicted molar refractivity (Wildman–Crippen MR) is 57.2 cm³/mol. The van der Waals surface area contributed by atoms with Gasteiger partial charge in [0, 0.05) is 29.7 Å². The molecule has 0 saturated heterocycles. The fraction of sp³-hybridized carbons (Fsp3) is 0.0833. The standard InChI is InChI=1S/C12H6F3N3/c13-12(14,15)9-4-10(11(5-16)18-7-9)8-2-1-3-17-6-8/h1-4,6-7H. The van der Waals surface area contributed by atoms with Crippen molar-refractivity contribution in [3.8, 4) is 17.2 Å². The number of hydrogen-bond donors (Lipinski definition) is 0. The Labute approximate surface area is 101 Å². The Bertz CT molecular complexity index is 600. The largest absolute Gasteiger partial charge is 0.417 e. The first-order chi connectivity index (χ1) is 8.52. The molecule has 18 heavy (non-hydrogen) atoms. The van der Waals surface area contributed by atoms with Crippen LogP contribution in [-0.4, -0.2) is 9.97 Å². The summed E-state index contributed by atoms with van der Waals surface area (Å²) in [6, 6.07) is 5.83. The molecule has 0 aliphatic carbocycles. The van der Waals surface area contributed by atoms with Crippen LogP contribution in [0.25, 0.3) is 11.1 Å². The Morgan fingerprint density at radius 3 is 2.56 bits per heavy atom. The lowest BCUT2D eigenvalue weighted by Crippen LogP contribution is -2.06. The third-order valence-corrected chi connectivity index (χ3v) is 2.29. The molecule has 0 unspecified atom stereocenters. The molecule has 0 aromatic carbocycles. The van der Waals surface area contributed by atoms with Gasteiger partial charge in [0.1, 0.15) is 11.8 Å². The van der Waals surface area contributed by atoms with Crippen molar-refractivity contribution in [2.75, 3.05) is 0 Å². The van der Waals surface area contributed by atoms with Crippen LogP contribution in [0.2, 0.25) is 0 Å². The topological polar surface area (TPSA) is 49.6 Å². The van der Waals surface area contributed by atoms with E-state index in [0.29, 0.717) is 11.8 Å². The van der Waals surface area contributed by atoms with Gasteiger partial charge in [0.05, 0.1) is 5.56 Å². The maximum absolute atomic E-state index is 12.6. The van der Waals surface area contributed by atoms with E-state index < -0.39 is 11.7 Å². The van der Waals surface area contributed by atoms with E-state index in [9.17, 15) is 13.2 Å². The van der Waals surface area contributed by atoms with Crippen LogP contribution in [0.3, 0.4) is 0 Å². The molecule has 6 heteroatoms. The third kappa shape index (κ3) is 2.30. The van der Waals surface area contributed by atoms with Crippen LogP contribution in [0.5, 0.6) is 0 Å². The molecule has 0 bridgehead atoms. The van der Waals surface area contributed by atoms with Gasteiger partial charge in [-0.2, -0.15) is 18.4 Å². The number of pyridine rings is 2. The summed E-state index contributed by atoms with van der Waals surface area (Å²) >= 11 is 0. The first-order valence-corrected chi connectivity index (χ1v) is 4.90. The molecule has 0 fully saturated rings. The van der Waals surface area contributed by atoms with Gasteiger partial charge in [-0.1, -0.05) is 6.07 Å². The number of rotatable bonds is 1. The second kappa shape index (κ2) is 4.45. The van der Waals surface area contributed by atoms with Crippen LogP contribution >= 0.6 is 0 Å². The van der Waals surface area contributed by atoms with Gasteiger partial charge in [-0.05, 0) is 12.1 Å². The number of halogens is 3. The van der Waals surface area contributed by atoms with E-state index in [-0.39, 0.29) is 11.3 Å². The van der Waals surface area contributed by atoms with Crippen LogP contribution < -0.4 is 0 Å². The van der Waals surface area contributed by atoms with Crippen molar-refractivity contribution in [2.24, 2.45) is 0 Å². The molecule has 0 amide bonds. The molecule has 0 spiro atoms. The lowest BCUT2D eigenvalue weighted by molar-refractivity contribution is -0.137. The third-order valence-electron chi connectivity index (χ3n) is 2.29. The van der Waals surface area contributed by atoms with Crippen LogP contribution in [0.1, 0.15) is 11.3 Å². The van der Waals surface area contributed by atoms with Crippen molar-refractivity contribution in [1.82, 2.24) is 9.97 Å². The first-order valence-electron chi connectivity index (χ1n) is 4.90. The van der Waals surface area contributed by atoms with Crippen molar-refractivity contribution in [1.29, 1.82) is 5.26 Å². The van der Waals surface area contributed by atoms with E-state index in [1.807, 2.05) is 0 Å². The zero-order chi connectivity index (χ0) is 13.2. The highest BCUT2D eigenvalue weighted by Gasteiger charge is 2.31. The van der Waals surface area contributed by atoms with Crippen molar-refractivity contribution < 1.29 is 13.2 Å². The minimum atomic E-state index is -4.49. The van der Waals surface area contributed by atoms with E-state index in [0.717, 1.165) is 6.07 Å². The predicted octanol–water partition coefficient (Wildman–Crippen LogP) is 3.03. The summed E-state index contributed by atoms with van der Waals surface area (Å²) < 4.78 is 37.7. The fourth-order valence-corrected chi connectivity index (χ4v) is 1.45. The molecular weight excluding hydrogens is 243 g/mol. The minimum Gasteiger partial charge on any atom is -0.264 e. The normalized spacial score (nSPS) is 11.0. The number of nitrogens with zero attached hydrogens (tertiary/aromatic N) is 3. The highest BCUT2D eigenvalue weighted by molar-refractivity contribution is 5.68. The van der Waals surface area contributed by atoms with Gasteiger partial charge in [0.25, 0.3) is 0 Å². The Morgan fingerprint density at radius 2 is 2.00 bits per heavy atom. The summed E-state index contributed by atoms with van der Waals surface area (Å²) in [4.78, 5) is 7.34. The van der Waals surface area contributed by atoms with Crippen molar-refractivity contribution in [2.45, 2.75) is 6.18 Å². The number of alkyl halides is 3. The van der Waals surface area contributed by atoms with Crippen LogP contribution in [0, 0.1) is 11.3 Å². The molecule has 2 aromatic heterocycles. The fourth-order valence-electron chi connectivity index (χ4n) is 1.45. The second-order valence-electron chi connectivity index (χ2n) is 3.47. The van der Waals surface area contributed by atoms with E-state index in [1.165, 1.54) is 12.4 Å². The maximum atomic E-state index is 12.6. The molecule has 2 aromatic rings. The molecular formula is C12H6F3N3.